The molecule has 0 heterocycles. The highest BCUT2D eigenvalue weighted by molar-refractivity contribution is 6.32. The Morgan fingerprint density at radius 3 is 2.80 bits per heavy atom. The minimum Gasteiger partial charge on any atom is -0.550 e. The Morgan fingerprint density at radius 2 is 2.33 bits per heavy atom. The molecular weight excluding hydrogens is 218 g/mol. The van der Waals surface area contributed by atoms with Crippen LogP contribution in [0, 0.1) is 0 Å². The molecule has 3 N–H and O–H groups in total. The molecule has 82 valence electrons. The van der Waals surface area contributed by atoms with E-state index in [1.807, 2.05) is 0 Å². The van der Waals surface area contributed by atoms with Crippen LogP contribution in [0.3, 0.4) is 0 Å². The van der Waals surface area contributed by atoms with Gasteiger partial charge in [0.2, 0.25) is 0 Å². The summed E-state index contributed by atoms with van der Waals surface area (Å²) in [5.41, 5.74) is 4.48. The SMILES string of the molecule is COc1ccc([C@H]([NH3+])CC(=O)[O-])cc1Cl. The van der Waals surface area contributed by atoms with E-state index >= 15 is 0 Å². The Hall–Kier alpha value is -1.26. The predicted molar refractivity (Wildman–Crippen MR) is 53.3 cm³/mol. The van der Waals surface area contributed by atoms with Crippen molar-refractivity contribution in [2.75, 3.05) is 7.11 Å². The third kappa shape index (κ3) is 3.11. The molecule has 0 saturated heterocycles. The lowest BCUT2D eigenvalue weighted by molar-refractivity contribution is -0.430. The van der Waals surface area contributed by atoms with Crippen LogP contribution in [0.1, 0.15) is 18.0 Å². The number of aliphatic carboxylic acids is 1. The zero-order chi connectivity index (χ0) is 11.4. The molecule has 1 aromatic rings. The highest BCUT2D eigenvalue weighted by atomic mass is 35.5. The van der Waals surface area contributed by atoms with Crippen molar-refractivity contribution >= 4 is 17.6 Å². The molecule has 0 unspecified atom stereocenters. The van der Waals surface area contributed by atoms with Crippen LogP contribution in [0.2, 0.25) is 5.02 Å². The molecule has 0 aliphatic heterocycles. The molecule has 1 atom stereocenters. The van der Waals surface area contributed by atoms with E-state index in [0.29, 0.717) is 10.8 Å². The first kappa shape index (κ1) is 11.8. The van der Waals surface area contributed by atoms with Gasteiger partial charge in [-0.05, 0) is 18.2 Å². The molecule has 0 amide bonds. The summed E-state index contributed by atoms with van der Waals surface area (Å²) in [7, 11) is 1.52. The number of hydrogen-bond donors (Lipinski definition) is 1. The fourth-order valence-electron chi connectivity index (χ4n) is 1.26. The van der Waals surface area contributed by atoms with Crippen molar-refractivity contribution in [2.24, 2.45) is 0 Å². The van der Waals surface area contributed by atoms with Gasteiger partial charge in [0.25, 0.3) is 0 Å². The largest absolute Gasteiger partial charge is 0.550 e. The Bertz CT molecular complexity index is 368. The van der Waals surface area contributed by atoms with Gasteiger partial charge in [0, 0.05) is 18.0 Å². The molecule has 0 saturated carbocycles. The monoisotopic (exact) mass is 229 g/mol. The van der Waals surface area contributed by atoms with E-state index in [0.717, 1.165) is 5.56 Å². The number of halogens is 1. The van der Waals surface area contributed by atoms with Crippen LogP contribution in [-0.2, 0) is 4.79 Å². The van der Waals surface area contributed by atoms with Crippen molar-refractivity contribution < 1.29 is 20.4 Å². The van der Waals surface area contributed by atoms with Gasteiger partial charge in [-0.15, -0.1) is 0 Å². The lowest BCUT2D eigenvalue weighted by atomic mass is 10.0. The lowest BCUT2D eigenvalue weighted by Crippen LogP contribution is -2.55. The predicted octanol–water partition coefficient (Wildman–Crippen LogP) is -0.228. The Kier molecular flexibility index (Phi) is 3.94. The van der Waals surface area contributed by atoms with Crippen molar-refractivity contribution in [2.45, 2.75) is 12.5 Å². The zero-order valence-electron chi connectivity index (χ0n) is 8.33. The van der Waals surface area contributed by atoms with E-state index in [1.165, 1.54) is 7.11 Å². The van der Waals surface area contributed by atoms with Crippen LogP contribution < -0.4 is 15.6 Å². The number of hydrogen-bond acceptors (Lipinski definition) is 3. The number of quaternary nitrogens is 1. The fourth-order valence-corrected chi connectivity index (χ4v) is 1.52. The summed E-state index contributed by atoms with van der Waals surface area (Å²) in [5, 5.41) is 10.8. The van der Waals surface area contributed by atoms with Gasteiger partial charge in [-0.1, -0.05) is 11.6 Å². The second kappa shape index (κ2) is 5.00. The standard InChI is InChI=1S/C10H12ClNO3/c1-15-9-3-2-6(4-7(9)11)8(12)5-10(13)14/h2-4,8H,5,12H2,1H3,(H,13,14)/t8-/m1/s1. The van der Waals surface area contributed by atoms with Crippen LogP contribution in [0.15, 0.2) is 18.2 Å². The molecule has 4 nitrogen and oxygen atoms in total. The summed E-state index contributed by atoms with van der Waals surface area (Å²) in [6, 6.07) is 4.72. The van der Waals surface area contributed by atoms with Gasteiger partial charge < -0.3 is 20.4 Å². The molecule has 0 spiro atoms. The summed E-state index contributed by atoms with van der Waals surface area (Å²) in [6.07, 6.45) is -0.122. The topological polar surface area (TPSA) is 77.0 Å². The molecule has 0 fully saturated rings. The maximum absolute atomic E-state index is 10.4. The first-order valence-electron chi connectivity index (χ1n) is 4.41. The zero-order valence-corrected chi connectivity index (χ0v) is 9.08. The fraction of sp³-hybridized carbons (Fsp3) is 0.300. The normalized spacial score (nSPS) is 12.2. The molecular formula is C10H12ClNO3. The number of carbonyl (C=O) groups is 1. The van der Waals surface area contributed by atoms with Gasteiger partial charge in [0.15, 0.2) is 0 Å². The van der Waals surface area contributed by atoms with Gasteiger partial charge in [-0.2, -0.15) is 0 Å². The van der Waals surface area contributed by atoms with E-state index in [4.69, 9.17) is 16.3 Å². The first-order chi connectivity index (χ1) is 7.04. The molecule has 0 radical (unpaired) electrons. The van der Waals surface area contributed by atoms with Crippen LogP contribution in [0.4, 0.5) is 0 Å². The van der Waals surface area contributed by atoms with E-state index < -0.39 is 5.97 Å². The van der Waals surface area contributed by atoms with E-state index in [1.54, 1.807) is 18.2 Å². The summed E-state index contributed by atoms with van der Waals surface area (Å²) in [6.45, 7) is 0. The van der Waals surface area contributed by atoms with E-state index in [9.17, 15) is 9.90 Å². The highest BCUT2D eigenvalue weighted by Gasteiger charge is 2.12. The van der Waals surface area contributed by atoms with Crippen LogP contribution in [0.5, 0.6) is 5.75 Å². The quantitative estimate of drug-likeness (QED) is 0.775. The molecule has 0 aliphatic rings. The Morgan fingerprint density at radius 1 is 1.67 bits per heavy atom. The van der Waals surface area contributed by atoms with Crippen molar-refractivity contribution in [3.05, 3.63) is 28.8 Å². The average molecular weight is 230 g/mol. The number of methoxy groups -OCH3 is 1. The van der Waals surface area contributed by atoms with Gasteiger partial charge in [-0.3, -0.25) is 0 Å². The minimum absolute atomic E-state index is 0.122. The number of carboxylic acid groups (broad SMARTS) is 1. The van der Waals surface area contributed by atoms with Crippen LogP contribution >= 0.6 is 11.6 Å². The van der Waals surface area contributed by atoms with E-state index in [2.05, 4.69) is 5.73 Å². The van der Waals surface area contributed by atoms with Gasteiger partial charge in [-0.25, -0.2) is 0 Å². The average Bonchev–Trinajstić information content (AvgIpc) is 2.16. The molecule has 1 rings (SSSR count). The number of carbonyl (C=O) groups excluding carboxylic acids is 1. The third-order valence-corrected chi connectivity index (χ3v) is 2.36. The number of benzene rings is 1. The molecule has 0 aliphatic carbocycles. The van der Waals surface area contributed by atoms with Crippen LogP contribution in [-0.4, -0.2) is 13.1 Å². The number of carboxylic acids is 1. The maximum atomic E-state index is 10.4. The Balaban J connectivity index is 2.87. The van der Waals surface area contributed by atoms with Crippen molar-refractivity contribution in [3.8, 4) is 5.75 Å². The summed E-state index contributed by atoms with van der Waals surface area (Å²) >= 11 is 5.89. The third-order valence-electron chi connectivity index (χ3n) is 2.06. The molecule has 0 bridgehead atoms. The number of ether oxygens (including phenoxy) is 1. The summed E-state index contributed by atoms with van der Waals surface area (Å²) < 4.78 is 4.98. The Labute approximate surface area is 92.6 Å². The van der Waals surface area contributed by atoms with Crippen molar-refractivity contribution in [3.63, 3.8) is 0 Å². The summed E-state index contributed by atoms with van der Waals surface area (Å²) in [5.74, 6) is -0.567. The molecule has 5 heteroatoms. The van der Waals surface area contributed by atoms with Gasteiger partial charge in [0.05, 0.1) is 12.1 Å². The van der Waals surface area contributed by atoms with Crippen LogP contribution in [0.25, 0.3) is 0 Å². The number of rotatable bonds is 4. The maximum Gasteiger partial charge on any atom is 0.137 e. The van der Waals surface area contributed by atoms with Crippen molar-refractivity contribution in [1.29, 1.82) is 0 Å². The van der Waals surface area contributed by atoms with E-state index in [-0.39, 0.29) is 12.5 Å². The van der Waals surface area contributed by atoms with Gasteiger partial charge in [0.1, 0.15) is 11.8 Å². The smallest absolute Gasteiger partial charge is 0.137 e. The second-order valence-electron chi connectivity index (χ2n) is 3.17. The molecule has 1 aromatic carbocycles. The van der Waals surface area contributed by atoms with Gasteiger partial charge >= 0.3 is 0 Å². The second-order valence-corrected chi connectivity index (χ2v) is 3.57. The lowest BCUT2D eigenvalue weighted by Gasteiger charge is -2.11. The molecule has 15 heavy (non-hydrogen) atoms. The first-order valence-corrected chi connectivity index (χ1v) is 4.78. The summed E-state index contributed by atoms with van der Waals surface area (Å²) in [4.78, 5) is 10.4. The van der Waals surface area contributed by atoms with Crippen molar-refractivity contribution in [1.82, 2.24) is 0 Å². The molecule has 0 aromatic heterocycles. The highest BCUT2D eigenvalue weighted by Crippen LogP contribution is 2.27. The minimum atomic E-state index is -1.12.